The number of imide groups is 1. The molecular formula is C20H28N2O5. The van der Waals surface area contributed by atoms with Gasteiger partial charge in [-0.2, -0.15) is 0 Å². The Kier molecular flexibility index (Phi) is 7.64. The Bertz CT molecular complexity index is 651. The minimum Gasteiger partial charge on any atom is -0.482 e. The summed E-state index contributed by atoms with van der Waals surface area (Å²) in [5, 5.41) is 4.94. The van der Waals surface area contributed by atoms with Crippen LogP contribution >= 0.6 is 0 Å². The molecule has 0 saturated heterocycles. The van der Waals surface area contributed by atoms with Crippen LogP contribution in [0.1, 0.15) is 57.9 Å². The van der Waals surface area contributed by atoms with Gasteiger partial charge in [-0.3, -0.25) is 10.1 Å². The summed E-state index contributed by atoms with van der Waals surface area (Å²) in [6, 6.07) is 6.98. The van der Waals surface area contributed by atoms with Crippen molar-refractivity contribution in [2.24, 2.45) is 0 Å². The van der Waals surface area contributed by atoms with Crippen LogP contribution in [0.15, 0.2) is 24.3 Å². The van der Waals surface area contributed by atoms with Crippen molar-refractivity contribution in [1.29, 1.82) is 0 Å². The molecule has 7 heteroatoms. The number of amides is 3. The number of urea groups is 1. The zero-order valence-electron chi connectivity index (χ0n) is 16.1. The van der Waals surface area contributed by atoms with Crippen LogP contribution in [0.5, 0.6) is 5.75 Å². The van der Waals surface area contributed by atoms with Crippen LogP contribution in [0.4, 0.5) is 4.79 Å². The molecule has 0 unspecified atom stereocenters. The molecule has 1 aromatic rings. The first-order valence-corrected chi connectivity index (χ1v) is 9.38. The Balaban J connectivity index is 1.70. The normalized spacial score (nSPS) is 15.3. The molecule has 0 radical (unpaired) electrons. The number of nitrogens with one attached hydrogen (secondary N) is 2. The number of carbonyl (C=O) groups excluding carboxylic acids is 3. The number of rotatable bonds is 7. The minimum absolute atomic E-state index is 0.103. The topological polar surface area (TPSA) is 93.7 Å². The highest BCUT2D eigenvalue weighted by Gasteiger charge is 2.22. The Morgan fingerprint density at radius 2 is 1.70 bits per heavy atom. The molecule has 1 fully saturated rings. The van der Waals surface area contributed by atoms with Gasteiger partial charge in [0.2, 0.25) is 0 Å². The van der Waals surface area contributed by atoms with E-state index in [1.54, 1.807) is 12.1 Å². The van der Waals surface area contributed by atoms with E-state index in [0.717, 1.165) is 25.7 Å². The third-order valence-corrected chi connectivity index (χ3v) is 4.51. The molecule has 2 rings (SSSR count). The molecule has 1 saturated carbocycles. The highest BCUT2D eigenvalue weighted by atomic mass is 16.6. The second-order valence-corrected chi connectivity index (χ2v) is 7.09. The lowest BCUT2D eigenvalue weighted by Gasteiger charge is -2.15. The van der Waals surface area contributed by atoms with Crippen molar-refractivity contribution in [1.82, 2.24) is 10.6 Å². The molecule has 1 aromatic carbocycles. The molecule has 0 aliphatic heterocycles. The monoisotopic (exact) mass is 376 g/mol. The Morgan fingerprint density at radius 3 is 2.30 bits per heavy atom. The van der Waals surface area contributed by atoms with Crippen LogP contribution in [0.3, 0.4) is 0 Å². The molecular weight excluding hydrogens is 348 g/mol. The number of hydrogen-bond donors (Lipinski definition) is 2. The maximum Gasteiger partial charge on any atom is 0.344 e. The quantitative estimate of drug-likeness (QED) is 0.714. The van der Waals surface area contributed by atoms with E-state index in [1.165, 1.54) is 12.5 Å². The van der Waals surface area contributed by atoms with E-state index in [0.29, 0.717) is 11.7 Å². The minimum atomic E-state index is -1.08. The van der Waals surface area contributed by atoms with E-state index in [9.17, 15) is 14.4 Å². The van der Waals surface area contributed by atoms with E-state index < -0.39 is 24.0 Å². The lowest BCUT2D eigenvalue weighted by atomic mass is 10.0. The maximum atomic E-state index is 11.9. The molecule has 27 heavy (non-hydrogen) atoms. The summed E-state index contributed by atoms with van der Waals surface area (Å²) >= 11 is 0. The second-order valence-electron chi connectivity index (χ2n) is 7.09. The Morgan fingerprint density at radius 1 is 1.07 bits per heavy atom. The van der Waals surface area contributed by atoms with Gasteiger partial charge in [0.1, 0.15) is 5.75 Å². The van der Waals surface area contributed by atoms with Crippen molar-refractivity contribution < 1.29 is 23.9 Å². The molecule has 0 bridgehead atoms. The van der Waals surface area contributed by atoms with Crippen LogP contribution in [-0.4, -0.2) is 36.7 Å². The van der Waals surface area contributed by atoms with Crippen LogP contribution < -0.4 is 15.4 Å². The number of benzene rings is 1. The molecule has 1 aliphatic rings. The fourth-order valence-corrected chi connectivity index (χ4v) is 2.88. The molecule has 148 valence electrons. The van der Waals surface area contributed by atoms with Gasteiger partial charge in [0.05, 0.1) is 0 Å². The van der Waals surface area contributed by atoms with Gasteiger partial charge < -0.3 is 14.8 Å². The molecule has 0 spiro atoms. The highest BCUT2D eigenvalue weighted by molar-refractivity contribution is 5.97. The first-order valence-electron chi connectivity index (χ1n) is 9.38. The van der Waals surface area contributed by atoms with Crippen molar-refractivity contribution in [3.63, 3.8) is 0 Å². The number of esters is 1. The lowest BCUT2D eigenvalue weighted by Crippen LogP contribution is -2.47. The van der Waals surface area contributed by atoms with Gasteiger partial charge in [0.25, 0.3) is 5.91 Å². The summed E-state index contributed by atoms with van der Waals surface area (Å²) in [7, 11) is 0. The second kappa shape index (κ2) is 9.94. The van der Waals surface area contributed by atoms with Crippen LogP contribution in [-0.2, 0) is 14.3 Å². The summed E-state index contributed by atoms with van der Waals surface area (Å²) < 4.78 is 10.4. The third-order valence-electron chi connectivity index (χ3n) is 4.51. The summed E-state index contributed by atoms with van der Waals surface area (Å²) in [5.41, 5.74) is 1.17. The lowest BCUT2D eigenvalue weighted by molar-refractivity contribution is -0.156. The van der Waals surface area contributed by atoms with Crippen molar-refractivity contribution in [3.8, 4) is 5.75 Å². The molecule has 3 amide bonds. The largest absolute Gasteiger partial charge is 0.482 e. The summed E-state index contributed by atoms with van der Waals surface area (Å²) in [6.45, 7) is 5.28. The van der Waals surface area contributed by atoms with Gasteiger partial charge in [-0.05, 0) is 43.4 Å². The fourth-order valence-electron chi connectivity index (χ4n) is 2.88. The van der Waals surface area contributed by atoms with Gasteiger partial charge in [0, 0.05) is 6.04 Å². The SMILES string of the molecule is CC(C)c1ccc(OCC(=O)O[C@H](C)C(=O)NC(=O)NC2CCCC2)cc1. The Labute approximate surface area is 159 Å². The maximum absolute atomic E-state index is 11.9. The average Bonchev–Trinajstić information content (AvgIpc) is 3.13. The van der Waals surface area contributed by atoms with Crippen LogP contribution in [0.2, 0.25) is 0 Å². The zero-order chi connectivity index (χ0) is 19.8. The smallest absolute Gasteiger partial charge is 0.344 e. The van der Waals surface area contributed by atoms with E-state index in [1.807, 2.05) is 12.1 Å². The van der Waals surface area contributed by atoms with E-state index in [4.69, 9.17) is 9.47 Å². The predicted molar refractivity (Wildman–Crippen MR) is 101 cm³/mol. The van der Waals surface area contributed by atoms with Gasteiger partial charge in [0.15, 0.2) is 12.7 Å². The first-order chi connectivity index (χ1) is 12.8. The van der Waals surface area contributed by atoms with E-state index in [2.05, 4.69) is 24.5 Å². The number of ether oxygens (including phenoxy) is 2. The molecule has 2 N–H and O–H groups in total. The van der Waals surface area contributed by atoms with Crippen molar-refractivity contribution in [2.45, 2.75) is 64.5 Å². The van der Waals surface area contributed by atoms with Crippen molar-refractivity contribution >= 4 is 17.9 Å². The summed E-state index contributed by atoms with van der Waals surface area (Å²) in [6.07, 6.45) is 2.91. The molecule has 7 nitrogen and oxygen atoms in total. The van der Waals surface area contributed by atoms with Gasteiger partial charge in [-0.15, -0.1) is 0 Å². The van der Waals surface area contributed by atoms with Gasteiger partial charge in [-0.1, -0.05) is 38.8 Å². The van der Waals surface area contributed by atoms with E-state index >= 15 is 0 Å². The predicted octanol–water partition coefficient (Wildman–Crippen LogP) is 2.89. The van der Waals surface area contributed by atoms with E-state index in [-0.39, 0.29) is 12.6 Å². The molecule has 0 aromatic heterocycles. The first kappa shape index (κ1) is 20.7. The third kappa shape index (κ3) is 6.92. The van der Waals surface area contributed by atoms with Crippen LogP contribution in [0, 0.1) is 0 Å². The average molecular weight is 376 g/mol. The fraction of sp³-hybridized carbons (Fsp3) is 0.550. The molecule has 1 atom stereocenters. The molecule has 1 aliphatic carbocycles. The van der Waals surface area contributed by atoms with Gasteiger partial charge in [-0.25, -0.2) is 9.59 Å². The van der Waals surface area contributed by atoms with Crippen molar-refractivity contribution in [2.75, 3.05) is 6.61 Å². The van der Waals surface area contributed by atoms with Crippen molar-refractivity contribution in [3.05, 3.63) is 29.8 Å². The van der Waals surface area contributed by atoms with Gasteiger partial charge >= 0.3 is 12.0 Å². The standard InChI is InChI=1S/C20H28N2O5/c1-13(2)15-8-10-17(11-9-15)26-12-18(23)27-14(3)19(24)22-20(25)21-16-6-4-5-7-16/h8-11,13-14,16H,4-7,12H2,1-3H3,(H2,21,22,24,25)/t14-/m1/s1. The highest BCUT2D eigenvalue weighted by Crippen LogP contribution is 2.19. The number of carbonyl (C=O) groups is 3. The number of hydrogen-bond acceptors (Lipinski definition) is 5. The molecule has 0 heterocycles. The summed E-state index contributed by atoms with van der Waals surface area (Å²) in [4.78, 5) is 35.6. The zero-order valence-corrected chi connectivity index (χ0v) is 16.1. The summed E-state index contributed by atoms with van der Waals surface area (Å²) in [5.74, 6) is -0.388. The van der Waals surface area contributed by atoms with Crippen LogP contribution in [0.25, 0.3) is 0 Å². The Hall–Kier alpha value is -2.57.